The van der Waals surface area contributed by atoms with Gasteiger partial charge >= 0.3 is 6.03 Å². The van der Waals surface area contributed by atoms with Crippen LogP contribution in [0.2, 0.25) is 5.02 Å². The highest BCUT2D eigenvalue weighted by molar-refractivity contribution is 6.30. The number of halogens is 1. The van der Waals surface area contributed by atoms with Gasteiger partial charge < -0.3 is 15.4 Å². The largest absolute Gasteiger partial charge is 0.497 e. The predicted octanol–water partition coefficient (Wildman–Crippen LogP) is 5.26. The van der Waals surface area contributed by atoms with Crippen molar-refractivity contribution in [3.63, 3.8) is 0 Å². The number of urea groups is 1. The predicted molar refractivity (Wildman–Crippen MR) is 98.8 cm³/mol. The van der Waals surface area contributed by atoms with E-state index in [1.54, 1.807) is 31.4 Å². The van der Waals surface area contributed by atoms with Crippen molar-refractivity contribution >= 4 is 23.3 Å². The smallest absolute Gasteiger partial charge is 0.319 e. The minimum absolute atomic E-state index is 0.0665. The van der Waals surface area contributed by atoms with E-state index < -0.39 is 0 Å². The molecular weight excluding hydrogens is 324 g/mol. The molecule has 0 fully saturated rings. The summed E-state index contributed by atoms with van der Waals surface area (Å²) < 4.78 is 5.19. The number of ether oxygens (including phenoxy) is 1. The molecule has 4 nitrogen and oxygen atoms in total. The summed E-state index contributed by atoms with van der Waals surface area (Å²) in [6.07, 6.45) is 0.848. The number of carbonyl (C=O) groups is 1. The van der Waals surface area contributed by atoms with Crippen molar-refractivity contribution < 1.29 is 9.53 Å². The zero-order chi connectivity index (χ0) is 17.5. The van der Waals surface area contributed by atoms with Crippen molar-refractivity contribution in [2.24, 2.45) is 5.92 Å². The molecule has 2 amide bonds. The van der Waals surface area contributed by atoms with Gasteiger partial charge in [0.1, 0.15) is 5.75 Å². The average Bonchev–Trinajstić information content (AvgIpc) is 2.56. The molecule has 0 aliphatic carbocycles. The third-order valence-electron chi connectivity index (χ3n) is 3.63. The Kier molecular flexibility index (Phi) is 6.50. The van der Waals surface area contributed by atoms with Crippen LogP contribution >= 0.6 is 11.6 Å². The first-order chi connectivity index (χ1) is 11.5. The third kappa shape index (κ3) is 5.46. The zero-order valence-corrected chi connectivity index (χ0v) is 14.9. The summed E-state index contributed by atoms with van der Waals surface area (Å²) in [7, 11) is 1.64. The molecule has 2 rings (SSSR count). The van der Waals surface area contributed by atoms with Gasteiger partial charge in [-0.25, -0.2) is 4.79 Å². The van der Waals surface area contributed by atoms with Crippen molar-refractivity contribution in [2.45, 2.75) is 26.3 Å². The molecule has 0 aromatic heterocycles. The quantitative estimate of drug-likeness (QED) is 0.749. The van der Waals surface area contributed by atoms with Crippen LogP contribution in [0.1, 0.15) is 31.9 Å². The molecule has 2 N–H and O–H groups in total. The van der Waals surface area contributed by atoms with Gasteiger partial charge in [0.15, 0.2) is 0 Å². The Balaban J connectivity index is 2.06. The highest BCUT2D eigenvalue weighted by Crippen LogP contribution is 2.24. The highest BCUT2D eigenvalue weighted by atomic mass is 35.5. The molecule has 24 heavy (non-hydrogen) atoms. The van der Waals surface area contributed by atoms with Gasteiger partial charge in [-0.05, 0) is 54.3 Å². The van der Waals surface area contributed by atoms with E-state index in [0.29, 0.717) is 16.6 Å². The first kappa shape index (κ1) is 18.1. The second-order valence-electron chi connectivity index (χ2n) is 6.06. The van der Waals surface area contributed by atoms with Gasteiger partial charge in [0.05, 0.1) is 13.2 Å². The summed E-state index contributed by atoms with van der Waals surface area (Å²) in [6.45, 7) is 4.27. The van der Waals surface area contributed by atoms with Crippen LogP contribution in [0.4, 0.5) is 10.5 Å². The van der Waals surface area contributed by atoms with E-state index in [1.165, 1.54) is 0 Å². The number of amides is 2. The minimum Gasteiger partial charge on any atom is -0.497 e. The van der Waals surface area contributed by atoms with E-state index in [9.17, 15) is 4.79 Å². The molecule has 0 bridgehead atoms. The maximum Gasteiger partial charge on any atom is 0.319 e. The number of carbonyl (C=O) groups excluding carboxylic acids is 1. The lowest BCUT2D eigenvalue weighted by atomic mass is 9.97. The molecule has 0 saturated heterocycles. The lowest BCUT2D eigenvalue weighted by Gasteiger charge is -2.21. The number of benzene rings is 2. The molecule has 0 heterocycles. The van der Waals surface area contributed by atoms with Crippen LogP contribution in [-0.2, 0) is 0 Å². The van der Waals surface area contributed by atoms with E-state index in [-0.39, 0.29) is 12.1 Å². The van der Waals surface area contributed by atoms with Gasteiger partial charge in [0, 0.05) is 10.7 Å². The first-order valence-corrected chi connectivity index (χ1v) is 8.32. The number of rotatable bonds is 6. The number of hydrogen-bond acceptors (Lipinski definition) is 2. The van der Waals surface area contributed by atoms with Gasteiger partial charge in [-0.2, -0.15) is 0 Å². The number of anilines is 1. The molecule has 2 aromatic rings. The van der Waals surface area contributed by atoms with Crippen LogP contribution in [0.15, 0.2) is 48.5 Å². The van der Waals surface area contributed by atoms with Crippen molar-refractivity contribution in [2.75, 3.05) is 12.4 Å². The van der Waals surface area contributed by atoms with E-state index in [1.807, 2.05) is 24.3 Å². The van der Waals surface area contributed by atoms with Crippen LogP contribution in [-0.4, -0.2) is 13.1 Å². The fraction of sp³-hybridized carbons (Fsp3) is 0.316. The van der Waals surface area contributed by atoms with Crippen LogP contribution in [0.25, 0.3) is 0 Å². The Bertz CT molecular complexity index is 654. The fourth-order valence-corrected chi connectivity index (χ4v) is 2.57. The Morgan fingerprint density at radius 3 is 2.25 bits per heavy atom. The van der Waals surface area contributed by atoms with E-state index >= 15 is 0 Å². The number of nitrogens with one attached hydrogen (secondary N) is 2. The second kappa shape index (κ2) is 8.60. The zero-order valence-electron chi connectivity index (χ0n) is 14.2. The van der Waals surface area contributed by atoms with Crippen LogP contribution in [0, 0.1) is 5.92 Å². The summed E-state index contributed by atoms with van der Waals surface area (Å²) in [5.74, 6) is 1.25. The topological polar surface area (TPSA) is 50.4 Å². The maximum absolute atomic E-state index is 12.3. The van der Waals surface area contributed by atoms with Crippen LogP contribution in [0.5, 0.6) is 5.75 Å². The lowest BCUT2D eigenvalue weighted by molar-refractivity contribution is 0.246. The maximum atomic E-state index is 12.3. The van der Waals surface area contributed by atoms with Crippen molar-refractivity contribution in [1.82, 2.24) is 5.32 Å². The second-order valence-corrected chi connectivity index (χ2v) is 6.50. The molecular formula is C19H23ClN2O2. The van der Waals surface area contributed by atoms with E-state index in [4.69, 9.17) is 16.3 Å². The molecule has 0 aliphatic heterocycles. The van der Waals surface area contributed by atoms with Gasteiger partial charge in [-0.3, -0.25) is 0 Å². The summed E-state index contributed by atoms with van der Waals surface area (Å²) in [6, 6.07) is 14.5. The van der Waals surface area contributed by atoms with Crippen LogP contribution in [0.3, 0.4) is 0 Å². The Morgan fingerprint density at radius 1 is 1.08 bits per heavy atom. The highest BCUT2D eigenvalue weighted by Gasteiger charge is 2.16. The monoisotopic (exact) mass is 346 g/mol. The normalized spacial score (nSPS) is 11.9. The van der Waals surface area contributed by atoms with Crippen LogP contribution < -0.4 is 15.4 Å². The van der Waals surface area contributed by atoms with Gasteiger partial charge in [0.2, 0.25) is 0 Å². The van der Waals surface area contributed by atoms with Gasteiger partial charge in [-0.1, -0.05) is 37.6 Å². The summed E-state index contributed by atoms with van der Waals surface area (Å²) in [5.41, 5.74) is 1.76. The summed E-state index contributed by atoms with van der Waals surface area (Å²) in [5, 5.41) is 6.51. The average molecular weight is 347 g/mol. The number of hydrogen-bond donors (Lipinski definition) is 2. The standard InChI is InChI=1S/C19H23ClN2O2/c1-13(2)12-18(14-4-10-17(24-3)11-5-14)22-19(23)21-16-8-6-15(20)7-9-16/h4-11,13,18H,12H2,1-3H3,(H2,21,22,23). The molecule has 1 atom stereocenters. The van der Waals surface area contributed by atoms with Crippen molar-refractivity contribution in [1.29, 1.82) is 0 Å². The SMILES string of the molecule is COc1ccc(C(CC(C)C)NC(=O)Nc2ccc(Cl)cc2)cc1. The van der Waals surface area contributed by atoms with E-state index in [2.05, 4.69) is 24.5 Å². The Labute approximate surface area is 148 Å². The number of methoxy groups -OCH3 is 1. The lowest BCUT2D eigenvalue weighted by Crippen LogP contribution is -2.33. The summed E-state index contributed by atoms with van der Waals surface area (Å²) in [4.78, 5) is 12.3. The van der Waals surface area contributed by atoms with E-state index in [0.717, 1.165) is 17.7 Å². The molecule has 0 aliphatic rings. The minimum atomic E-state index is -0.237. The van der Waals surface area contributed by atoms with Crippen molar-refractivity contribution in [3.8, 4) is 5.75 Å². The van der Waals surface area contributed by atoms with Gasteiger partial charge in [-0.15, -0.1) is 0 Å². The third-order valence-corrected chi connectivity index (χ3v) is 3.88. The summed E-state index contributed by atoms with van der Waals surface area (Å²) >= 11 is 5.86. The molecule has 0 saturated carbocycles. The molecule has 0 spiro atoms. The first-order valence-electron chi connectivity index (χ1n) is 7.95. The van der Waals surface area contributed by atoms with Crippen molar-refractivity contribution in [3.05, 3.63) is 59.1 Å². The molecule has 0 radical (unpaired) electrons. The molecule has 2 aromatic carbocycles. The molecule has 1 unspecified atom stereocenters. The Hall–Kier alpha value is -2.20. The Morgan fingerprint density at radius 2 is 1.71 bits per heavy atom. The molecule has 128 valence electrons. The fourth-order valence-electron chi connectivity index (χ4n) is 2.44. The van der Waals surface area contributed by atoms with Gasteiger partial charge in [0.25, 0.3) is 0 Å². The molecule has 5 heteroatoms.